The largest absolute Gasteiger partial charge is 0.398 e. The van der Waals surface area contributed by atoms with E-state index in [0.717, 1.165) is 17.5 Å². The van der Waals surface area contributed by atoms with E-state index in [1.54, 1.807) is 30.5 Å². The molecule has 0 saturated carbocycles. The monoisotopic (exact) mass is 301 g/mol. The SMILES string of the molecule is CC(Nc1ccccc1SCC(F)(F)F)c1ccn[nH]1. The van der Waals surface area contributed by atoms with Crippen molar-refractivity contribution in [3.8, 4) is 0 Å². The Morgan fingerprint density at radius 2 is 2.05 bits per heavy atom. The first-order valence-electron chi connectivity index (χ1n) is 6.00. The first-order chi connectivity index (χ1) is 9.46. The first kappa shape index (κ1) is 14.8. The van der Waals surface area contributed by atoms with E-state index >= 15 is 0 Å². The van der Waals surface area contributed by atoms with Crippen LogP contribution in [-0.4, -0.2) is 22.1 Å². The second kappa shape index (κ2) is 6.21. The summed E-state index contributed by atoms with van der Waals surface area (Å²) in [7, 11) is 0. The molecule has 0 aliphatic carbocycles. The number of nitrogens with zero attached hydrogens (tertiary/aromatic N) is 1. The highest BCUT2D eigenvalue weighted by atomic mass is 32.2. The molecule has 2 N–H and O–H groups in total. The average Bonchev–Trinajstić information content (AvgIpc) is 2.90. The molecule has 0 radical (unpaired) electrons. The highest BCUT2D eigenvalue weighted by Gasteiger charge is 2.27. The van der Waals surface area contributed by atoms with Gasteiger partial charge in [-0.2, -0.15) is 18.3 Å². The molecular formula is C13H14F3N3S. The lowest BCUT2D eigenvalue weighted by Crippen LogP contribution is -2.11. The lowest BCUT2D eigenvalue weighted by atomic mass is 10.2. The number of aromatic amines is 1. The van der Waals surface area contributed by atoms with Crippen molar-refractivity contribution in [3.63, 3.8) is 0 Å². The third-order valence-corrected chi connectivity index (χ3v) is 3.78. The minimum Gasteiger partial charge on any atom is -0.376 e. The van der Waals surface area contributed by atoms with Gasteiger partial charge in [0.15, 0.2) is 0 Å². The predicted octanol–water partition coefficient (Wildman–Crippen LogP) is 4.24. The van der Waals surface area contributed by atoms with Crippen LogP contribution in [0.25, 0.3) is 0 Å². The van der Waals surface area contributed by atoms with Gasteiger partial charge < -0.3 is 5.32 Å². The average molecular weight is 301 g/mol. The summed E-state index contributed by atoms with van der Waals surface area (Å²) in [6, 6.07) is 8.72. The number of para-hydroxylation sites is 1. The van der Waals surface area contributed by atoms with Crippen LogP contribution in [0.2, 0.25) is 0 Å². The first-order valence-corrected chi connectivity index (χ1v) is 6.98. The van der Waals surface area contributed by atoms with Crippen molar-refractivity contribution < 1.29 is 13.2 Å². The fourth-order valence-electron chi connectivity index (χ4n) is 1.69. The van der Waals surface area contributed by atoms with Crippen LogP contribution in [0.1, 0.15) is 18.7 Å². The van der Waals surface area contributed by atoms with Crippen molar-refractivity contribution in [1.82, 2.24) is 10.2 Å². The second-order valence-electron chi connectivity index (χ2n) is 4.28. The number of aromatic nitrogens is 2. The summed E-state index contributed by atoms with van der Waals surface area (Å²) >= 11 is 0.780. The van der Waals surface area contributed by atoms with E-state index in [-0.39, 0.29) is 6.04 Å². The van der Waals surface area contributed by atoms with Crippen molar-refractivity contribution in [2.24, 2.45) is 0 Å². The van der Waals surface area contributed by atoms with Gasteiger partial charge in [0.25, 0.3) is 0 Å². The number of hydrogen-bond donors (Lipinski definition) is 2. The quantitative estimate of drug-likeness (QED) is 0.812. The minimum atomic E-state index is -4.17. The Hall–Kier alpha value is -1.63. The van der Waals surface area contributed by atoms with Crippen LogP contribution in [-0.2, 0) is 0 Å². The number of halogens is 3. The van der Waals surface area contributed by atoms with Gasteiger partial charge in [0, 0.05) is 16.8 Å². The number of nitrogens with one attached hydrogen (secondary N) is 2. The molecule has 1 heterocycles. The molecule has 1 atom stereocenters. The summed E-state index contributed by atoms with van der Waals surface area (Å²) in [6.45, 7) is 1.92. The standard InChI is InChI=1S/C13H14F3N3S/c1-9(10-6-7-17-19-10)18-11-4-2-3-5-12(11)20-8-13(14,15)16/h2-7,9,18H,8H2,1H3,(H,17,19). The minimum absolute atomic E-state index is 0.0647. The highest BCUT2D eigenvalue weighted by molar-refractivity contribution is 7.99. The molecule has 0 saturated heterocycles. The van der Waals surface area contributed by atoms with Crippen molar-refractivity contribution in [2.75, 3.05) is 11.1 Å². The van der Waals surface area contributed by atoms with Crippen LogP contribution in [0.4, 0.5) is 18.9 Å². The fourth-order valence-corrected chi connectivity index (χ4v) is 2.47. The van der Waals surface area contributed by atoms with E-state index in [0.29, 0.717) is 10.6 Å². The summed E-state index contributed by atoms with van der Waals surface area (Å²) < 4.78 is 36.9. The molecule has 0 aliphatic rings. The number of rotatable bonds is 5. The van der Waals surface area contributed by atoms with Gasteiger partial charge in [-0.15, -0.1) is 11.8 Å². The zero-order chi connectivity index (χ0) is 14.6. The topological polar surface area (TPSA) is 40.7 Å². The lowest BCUT2D eigenvalue weighted by Gasteiger charge is -2.17. The number of alkyl halides is 3. The number of hydrogen-bond acceptors (Lipinski definition) is 3. The number of H-pyrrole nitrogens is 1. The van der Waals surface area contributed by atoms with E-state index < -0.39 is 11.9 Å². The van der Waals surface area contributed by atoms with E-state index in [9.17, 15) is 13.2 Å². The fraction of sp³-hybridized carbons (Fsp3) is 0.308. The molecule has 2 aromatic rings. The number of thioether (sulfide) groups is 1. The lowest BCUT2D eigenvalue weighted by molar-refractivity contribution is -0.105. The number of anilines is 1. The van der Waals surface area contributed by atoms with Gasteiger partial charge in [0.2, 0.25) is 0 Å². The molecule has 108 valence electrons. The van der Waals surface area contributed by atoms with Gasteiger partial charge in [-0.1, -0.05) is 12.1 Å². The summed E-state index contributed by atoms with van der Waals surface area (Å²) in [5, 5.41) is 9.88. The zero-order valence-electron chi connectivity index (χ0n) is 10.7. The molecule has 2 rings (SSSR count). The second-order valence-corrected chi connectivity index (χ2v) is 5.30. The predicted molar refractivity (Wildman–Crippen MR) is 73.8 cm³/mol. The Kier molecular flexibility index (Phi) is 4.59. The Bertz CT molecular complexity index is 540. The maximum atomic E-state index is 12.3. The molecule has 3 nitrogen and oxygen atoms in total. The van der Waals surface area contributed by atoms with E-state index in [1.807, 2.05) is 13.0 Å². The smallest absolute Gasteiger partial charge is 0.376 e. The third-order valence-electron chi connectivity index (χ3n) is 2.64. The number of benzene rings is 1. The molecule has 0 spiro atoms. The van der Waals surface area contributed by atoms with Crippen molar-refractivity contribution >= 4 is 17.4 Å². The van der Waals surface area contributed by atoms with Crippen LogP contribution in [0.3, 0.4) is 0 Å². The normalized spacial score (nSPS) is 13.2. The molecule has 1 aromatic carbocycles. The Balaban J connectivity index is 2.08. The van der Waals surface area contributed by atoms with Gasteiger partial charge >= 0.3 is 6.18 Å². The molecule has 0 aliphatic heterocycles. The molecule has 0 fully saturated rings. The molecule has 0 amide bonds. The third kappa shape index (κ3) is 4.19. The molecule has 7 heteroatoms. The molecule has 1 aromatic heterocycles. The van der Waals surface area contributed by atoms with Gasteiger partial charge in [-0.25, -0.2) is 0 Å². The summed E-state index contributed by atoms with van der Waals surface area (Å²) in [4.78, 5) is 0.580. The van der Waals surface area contributed by atoms with Gasteiger partial charge in [-0.3, -0.25) is 5.10 Å². The summed E-state index contributed by atoms with van der Waals surface area (Å²) in [6.07, 6.45) is -2.54. The van der Waals surface area contributed by atoms with Crippen LogP contribution >= 0.6 is 11.8 Å². The Morgan fingerprint density at radius 1 is 1.30 bits per heavy atom. The van der Waals surface area contributed by atoms with Crippen LogP contribution in [0.15, 0.2) is 41.4 Å². The van der Waals surface area contributed by atoms with Crippen LogP contribution in [0, 0.1) is 0 Å². The molecular weight excluding hydrogens is 287 g/mol. The van der Waals surface area contributed by atoms with E-state index in [4.69, 9.17) is 0 Å². The van der Waals surface area contributed by atoms with E-state index in [2.05, 4.69) is 15.5 Å². The van der Waals surface area contributed by atoms with Gasteiger partial charge in [0.1, 0.15) is 0 Å². The van der Waals surface area contributed by atoms with Gasteiger partial charge in [-0.05, 0) is 25.1 Å². The summed E-state index contributed by atoms with van der Waals surface area (Å²) in [5.74, 6) is -0.899. The van der Waals surface area contributed by atoms with Crippen LogP contribution in [0.5, 0.6) is 0 Å². The zero-order valence-corrected chi connectivity index (χ0v) is 11.6. The Morgan fingerprint density at radius 3 is 2.70 bits per heavy atom. The Labute approximate surface area is 119 Å². The molecule has 1 unspecified atom stereocenters. The molecule has 0 bridgehead atoms. The van der Waals surface area contributed by atoms with E-state index in [1.165, 1.54) is 0 Å². The van der Waals surface area contributed by atoms with Crippen molar-refractivity contribution in [1.29, 1.82) is 0 Å². The maximum Gasteiger partial charge on any atom is 0.398 e. The summed E-state index contributed by atoms with van der Waals surface area (Å²) in [5.41, 5.74) is 1.56. The maximum absolute atomic E-state index is 12.3. The highest BCUT2D eigenvalue weighted by Crippen LogP contribution is 2.33. The van der Waals surface area contributed by atoms with Crippen molar-refractivity contribution in [3.05, 3.63) is 42.2 Å². The van der Waals surface area contributed by atoms with Crippen molar-refractivity contribution in [2.45, 2.75) is 24.0 Å². The van der Waals surface area contributed by atoms with Gasteiger partial charge in [0.05, 0.1) is 17.5 Å². The van der Waals surface area contributed by atoms with Crippen LogP contribution < -0.4 is 5.32 Å². The molecule has 20 heavy (non-hydrogen) atoms.